The van der Waals surface area contributed by atoms with Gasteiger partial charge in [-0.25, -0.2) is 13.8 Å². The van der Waals surface area contributed by atoms with Gasteiger partial charge in [0.15, 0.2) is 0 Å². The Morgan fingerprint density at radius 3 is 2.90 bits per heavy atom. The number of aromatic nitrogens is 2. The van der Waals surface area contributed by atoms with Gasteiger partial charge in [-0.1, -0.05) is 15.9 Å². The fourth-order valence-corrected chi connectivity index (χ4v) is 2.52. The van der Waals surface area contributed by atoms with Gasteiger partial charge in [0.2, 0.25) is 0 Å². The molecule has 20 heavy (non-hydrogen) atoms. The van der Waals surface area contributed by atoms with E-state index >= 15 is 0 Å². The maximum Gasteiger partial charge on any atom is 0.261 e. The fourth-order valence-electron chi connectivity index (χ4n) is 2.01. The highest BCUT2D eigenvalue weighted by atomic mass is 79.9. The summed E-state index contributed by atoms with van der Waals surface area (Å²) in [6.07, 6.45) is -1.81. The van der Waals surface area contributed by atoms with Crippen molar-refractivity contribution < 1.29 is 13.5 Å². The molecule has 0 atom stereocenters. The van der Waals surface area contributed by atoms with Gasteiger partial charge in [0, 0.05) is 23.3 Å². The number of rotatable bonds is 7. The number of imidazole rings is 1. The van der Waals surface area contributed by atoms with E-state index in [1.54, 1.807) is 0 Å². The number of ether oxygens (including phenoxy) is 1. The SMILES string of the molecule is FC(F)COCCn1c(CCCl)nc2cc(Br)ccc21. The van der Waals surface area contributed by atoms with E-state index in [9.17, 15) is 8.78 Å². The second-order valence-corrected chi connectivity index (χ2v) is 5.51. The summed E-state index contributed by atoms with van der Waals surface area (Å²) < 4.78 is 31.9. The van der Waals surface area contributed by atoms with Crippen LogP contribution in [0.1, 0.15) is 5.82 Å². The highest BCUT2D eigenvalue weighted by Gasteiger charge is 2.11. The summed E-state index contributed by atoms with van der Waals surface area (Å²) in [5, 5.41) is 0. The monoisotopic (exact) mass is 366 g/mol. The van der Waals surface area contributed by atoms with Gasteiger partial charge in [-0.15, -0.1) is 11.6 Å². The van der Waals surface area contributed by atoms with Crippen molar-refractivity contribution in [1.82, 2.24) is 9.55 Å². The van der Waals surface area contributed by atoms with Crippen molar-refractivity contribution in [3.63, 3.8) is 0 Å². The summed E-state index contributed by atoms with van der Waals surface area (Å²) in [5.41, 5.74) is 1.81. The summed E-state index contributed by atoms with van der Waals surface area (Å²) in [6.45, 7) is 0.168. The van der Waals surface area contributed by atoms with Crippen LogP contribution in [0.15, 0.2) is 22.7 Å². The smallest absolute Gasteiger partial charge is 0.261 e. The molecule has 0 aliphatic rings. The number of alkyl halides is 3. The molecule has 0 aliphatic carbocycles. The van der Waals surface area contributed by atoms with Crippen LogP contribution in [0.3, 0.4) is 0 Å². The zero-order valence-corrected chi connectivity index (χ0v) is 13.0. The molecule has 0 radical (unpaired) electrons. The second-order valence-electron chi connectivity index (χ2n) is 4.22. The Hall–Kier alpha value is -0.720. The Morgan fingerprint density at radius 2 is 2.20 bits per heavy atom. The van der Waals surface area contributed by atoms with E-state index in [4.69, 9.17) is 16.3 Å². The van der Waals surface area contributed by atoms with Crippen LogP contribution >= 0.6 is 27.5 Å². The zero-order chi connectivity index (χ0) is 14.5. The first-order valence-corrected chi connectivity index (χ1v) is 7.51. The van der Waals surface area contributed by atoms with Crippen molar-refractivity contribution in [2.45, 2.75) is 19.4 Å². The minimum absolute atomic E-state index is 0.223. The van der Waals surface area contributed by atoms with Crippen LogP contribution in [0.5, 0.6) is 0 Å². The third-order valence-corrected chi connectivity index (χ3v) is 3.49. The third-order valence-electron chi connectivity index (χ3n) is 2.81. The Morgan fingerprint density at radius 1 is 1.40 bits per heavy atom. The van der Waals surface area contributed by atoms with Gasteiger partial charge in [0.05, 0.1) is 17.6 Å². The lowest BCUT2D eigenvalue weighted by Crippen LogP contribution is -2.13. The van der Waals surface area contributed by atoms with Crippen LogP contribution in [0.2, 0.25) is 0 Å². The lowest BCUT2D eigenvalue weighted by atomic mass is 10.3. The Bertz CT molecular complexity index is 577. The van der Waals surface area contributed by atoms with E-state index in [1.165, 1.54) is 0 Å². The van der Waals surface area contributed by atoms with Gasteiger partial charge < -0.3 is 9.30 Å². The number of fused-ring (bicyclic) bond motifs is 1. The van der Waals surface area contributed by atoms with Crippen LogP contribution in [0.4, 0.5) is 8.78 Å². The lowest BCUT2D eigenvalue weighted by molar-refractivity contribution is 0.0148. The average Bonchev–Trinajstić information content (AvgIpc) is 2.72. The molecule has 1 aromatic carbocycles. The van der Waals surface area contributed by atoms with E-state index in [1.807, 2.05) is 22.8 Å². The van der Waals surface area contributed by atoms with Crippen molar-refractivity contribution in [3.05, 3.63) is 28.5 Å². The molecule has 0 N–H and O–H groups in total. The number of benzene rings is 1. The van der Waals surface area contributed by atoms with Gasteiger partial charge in [-0.3, -0.25) is 0 Å². The highest BCUT2D eigenvalue weighted by molar-refractivity contribution is 9.10. The summed E-state index contributed by atoms with van der Waals surface area (Å²) in [4.78, 5) is 4.52. The van der Waals surface area contributed by atoms with E-state index < -0.39 is 13.0 Å². The number of hydrogen-bond acceptors (Lipinski definition) is 2. The number of nitrogens with zero attached hydrogens (tertiary/aromatic N) is 2. The zero-order valence-electron chi connectivity index (χ0n) is 10.7. The van der Waals surface area contributed by atoms with Gasteiger partial charge in [0.1, 0.15) is 12.4 Å². The quantitative estimate of drug-likeness (QED) is 0.549. The summed E-state index contributed by atoms with van der Waals surface area (Å²) in [6, 6.07) is 5.78. The number of halogens is 4. The van der Waals surface area contributed by atoms with Crippen LogP contribution in [-0.4, -0.2) is 35.1 Å². The standard InChI is InChI=1S/C13H14BrClF2N2O/c14-9-1-2-11-10(7-9)18-13(3-4-15)19(11)5-6-20-8-12(16)17/h1-2,7,12H,3-6,8H2. The Labute approximate surface area is 129 Å². The molecule has 0 fully saturated rings. The van der Waals surface area contributed by atoms with Gasteiger partial charge in [0.25, 0.3) is 6.43 Å². The van der Waals surface area contributed by atoms with Crippen LogP contribution in [0, 0.1) is 0 Å². The van der Waals surface area contributed by atoms with Crippen molar-refractivity contribution in [3.8, 4) is 0 Å². The summed E-state index contributed by atoms with van der Waals surface area (Å²) in [7, 11) is 0. The molecule has 2 aromatic rings. The van der Waals surface area contributed by atoms with Crippen molar-refractivity contribution in [2.75, 3.05) is 19.1 Å². The Kier molecular flexibility index (Phi) is 5.74. The molecule has 0 spiro atoms. The average molecular weight is 368 g/mol. The maximum atomic E-state index is 12.0. The molecule has 2 rings (SSSR count). The van der Waals surface area contributed by atoms with Crippen LogP contribution < -0.4 is 0 Å². The van der Waals surface area contributed by atoms with E-state index in [0.717, 1.165) is 21.3 Å². The van der Waals surface area contributed by atoms with Crippen LogP contribution in [0.25, 0.3) is 11.0 Å². The summed E-state index contributed by atoms with van der Waals surface area (Å²) in [5.74, 6) is 1.30. The molecular weight excluding hydrogens is 354 g/mol. The fraction of sp³-hybridized carbons (Fsp3) is 0.462. The van der Waals surface area contributed by atoms with Crippen molar-refractivity contribution >= 4 is 38.6 Å². The first-order chi connectivity index (χ1) is 9.61. The van der Waals surface area contributed by atoms with Gasteiger partial charge in [-0.05, 0) is 18.2 Å². The third kappa shape index (κ3) is 3.90. The predicted molar refractivity (Wildman–Crippen MR) is 78.7 cm³/mol. The maximum absolute atomic E-state index is 12.0. The molecule has 7 heteroatoms. The topological polar surface area (TPSA) is 27.1 Å². The highest BCUT2D eigenvalue weighted by Crippen LogP contribution is 2.21. The first-order valence-electron chi connectivity index (χ1n) is 6.18. The van der Waals surface area contributed by atoms with Crippen molar-refractivity contribution in [1.29, 1.82) is 0 Å². The molecule has 0 saturated heterocycles. The molecule has 1 heterocycles. The number of aryl methyl sites for hydroxylation is 1. The van der Waals surface area contributed by atoms with E-state index in [0.29, 0.717) is 18.8 Å². The minimum atomic E-state index is -2.44. The molecule has 0 aliphatic heterocycles. The molecule has 0 unspecified atom stereocenters. The van der Waals surface area contributed by atoms with Gasteiger partial charge >= 0.3 is 0 Å². The molecule has 0 bridgehead atoms. The second kappa shape index (κ2) is 7.33. The van der Waals surface area contributed by atoms with E-state index in [2.05, 4.69) is 20.9 Å². The van der Waals surface area contributed by atoms with Gasteiger partial charge in [-0.2, -0.15) is 0 Å². The first kappa shape index (κ1) is 15.7. The molecule has 0 amide bonds. The molecule has 1 aromatic heterocycles. The molecule has 110 valence electrons. The molecular formula is C13H14BrClF2N2O. The van der Waals surface area contributed by atoms with Crippen LogP contribution in [-0.2, 0) is 17.7 Å². The Balaban J connectivity index is 2.17. The van der Waals surface area contributed by atoms with Crippen molar-refractivity contribution in [2.24, 2.45) is 0 Å². The summed E-state index contributed by atoms with van der Waals surface area (Å²) >= 11 is 9.18. The molecule has 0 saturated carbocycles. The largest absolute Gasteiger partial charge is 0.374 e. The lowest BCUT2D eigenvalue weighted by Gasteiger charge is -2.09. The normalized spacial score (nSPS) is 11.7. The minimum Gasteiger partial charge on any atom is -0.374 e. The molecule has 3 nitrogen and oxygen atoms in total. The number of hydrogen-bond donors (Lipinski definition) is 0. The predicted octanol–water partition coefficient (Wildman–Crippen LogP) is 3.86. The van der Waals surface area contributed by atoms with E-state index in [-0.39, 0.29) is 6.61 Å².